The van der Waals surface area contributed by atoms with Crippen LogP contribution in [0.1, 0.15) is 11.3 Å². The van der Waals surface area contributed by atoms with E-state index in [1.807, 2.05) is 24.4 Å². The van der Waals surface area contributed by atoms with Gasteiger partial charge in [0.1, 0.15) is 0 Å². The van der Waals surface area contributed by atoms with Gasteiger partial charge in [-0.15, -0.1) is 0 Å². The van der Waals surface area contributed by atoms with Gasteiger partial charge in [-0.2, -0.15) is 5.26 Å². The lowest BCUT2D eigenvalue weighted by Gasteiger charge is -2.08. The number of hydrogen-bond donors (Lipinski definition) is 1. The molecule has 0 aliphatic heterocycles. The highest BCUT2D eigenvalue weighted by molar-refractivity contribution is 5.89. The molecule has 0 aliphatic carbocycles. The van der Waals surface area contributed by atoms with Crippen LogP contribution >= 0.6 is 0 Å². The maximum Gasteiger partial charge on any atom is 0.161 e. The summed E-state index contributed by atoms with van der Waals surface area (Å²) in [5, 5.41) is 9.26. The second kappa shape index (κ2) is 5.78. The highest BCUT2D eigenvalue weighted by atomic mass is 16.5. The van der Waals surface area contributed by atoms with Gasteiger partial charge in [0, 0.05) is 11.9 Å². The Morgan fingerprint density at radius 3 is 2.58 bits per heavy atom. The number of nitrogens with one attached hydrogen (secondary N) is 1. The van der Waals surface area contributed by atoms with Gasteiger partial charge in [-0.3, -0.25) is 0 Å². The summed E-state index contributed by atoms with van der Waals surface area (Å²) in [4.78, 5) is 3.04. The molecule has 0 aliphatic rings. The summed E-state index contributed by atoms with van der Waals surface area (Å²) in [6.07, 6.45) is 3.61. The molecule has 1 heterocycles. The van der Waals surface area contributed by atoms with E-state index >= 15 is 0 Å². The molecular formula is C15H14N2O2. The molecule has 1 aromatic heterocycles. The van der Waals surface area contributed by atoms with E-state index in [0.29, 0.717) is 17.1 Å². The van der Waals surface area contributed by atoms with E-state index in [9.17, 15) is 5.26 Å². The summed E-state index contributed by atoms with van der Waals surface area (Å²) in [5.41, 5.74) is 2.23. The van der Waals surface area contributed by atoms with Crippen molar-refractivity contribution >= 4 is 11.6 Å². The Morgan fingerprint density at radius 2 is 2.00 bits per heavy atom. The van der Waals surface area contributed by atoms with Crippen LogP contribution in [-0.4, -0.2) is 19.2 Å². The lowest BCUT2D eigenvalue weighted by molar-refractivity contribution is 0.355. The van der Waals surface area contributed by atoms with Gasteiger partial charge in [0.2, 0.25) is 0 Å². The fourth-order valence-electron chi connectivity index (χ4n) is 1.77. The number of ether oxygens (including phenoxy) is 2. The molecule has 1 N–H and O–H groups in total. The molecule has 0 bridgehead atoms. The van der Waals surface area contributed by atoms with Crippen molar-refractivity contribution in [1.29, 1.82) is 5.26 Å². The van der Waals surface area contributed by atoms with Gasteiger partial charge < -0.3 is 14.5 Å². The number of aromatic nitrogens is 1. The predicted molar refractivity (Wildman–Crippen MR) is 73.8 cm³/mol. The lowest BCUT2D eigenvalue weighted by atomic mass is 10.1. The van der Waals surface area contributed by atoms with Crippen molar-refractivity contribution < 1.29 is 9.47 Å². The summed E-state index contributed by atoms with van der Waals surface area (Å²) >= 11 is 0. The monoisotopic (exact) mass is 254 g/mol. The zero-order chi connectivity index (χ0) is 13.7. The first-order chi connectivity index (χ1) is 9.28. The van der Waals surface area contributed by atoms with Crippen LogP contribution in [0, 0.1) is 11.3 Å². The maximum atomic E-state index is 9.26. The van der Waals surface area contributed by atoms with Crippen LogP contribution in [-0.2, 0) is 0 Å². The third-order valence-electron chi connectivity index (χ3n) is 2.74. The Morgan fingerprint density at radius 1 is 1.21 bits per heavy atom. The molecule has 0 saturated carbocycles. The van der Waals surface area contributed by atoms with Crippen molar-refractivity contribution in [3.63, 3.8) is 0 Å². The summed E-state index contributed by atoms with van der Waals surface area (Å²) < 4.78 is 10.4. The van der Waals surface area contributed by atoms with Crippen LogP contribution in [0.5, 0.6) is 11.5 Å². The van der Waals surface area contributed by atoms with Gasteiger partial charge in [-0.1, -0.05) is 0 Å². The van der Waals surface area contributed by atoms with Crippen LogP contribution in [0.15, 0.2) is 36.5 Å². The fraction of sp³-hybridized carbons (Fsp3) is 0.133. The third-order valence-corrected chi connectivity index (χ3v) is 2.74. The molecule has 0 unspecified atom stereocenters. The van der Waals surface area contributed by atoms with E-state index in [-0.39, 0.29) is 0 Å². The molecule has 2 aromatic rings. The molecule has 0 amide bonds. The highest BCUT2D eigenvalue weighted by Gasteiger charge is 2.08. The molecule has 96 valence electrons. The number of nitrogens with zero attached hydrogens (tertiary/aromatic N) is 1. The van der Waals surface area contributed by atoms with Crippen molar-refractivity contribution in [3.8, 4) is 17.6 Å². The van der Waals surface area contributed by atoms with Crippen molar-refractivity contribution in [1.82, 2.24) is 4.98 Å². The molecule has 0 fully saturated rings. The van der Waals surface area contributed by atoms with Crippen LogP contribution in [0.4, 0.5) is 0 Å². The third kappa shape index (κ3) is 2.78. The minimum atomic E-state index is 0.559. The molecule has 19 heavy (non-hydrogen) atoms. The Hall–Kier alpha value is -2.67. The molecule has 0 atom stereocenters. The van der Waals surface area contributed by atoms with Crippen molar-refractivity contribution in [3.05, 3.63) is 47.8 Å². The smallest absolute Gasteiger partial charge is 0.161 e. The second-order valence-corrected chi connectivity index (χ2v) is 3.87. The van der Waals surface area contributed by atoms with Crippen LogP contribution in [0.25, 0.3) is 11.6 Å². The van der Waals surface area contributed by atoms with Gasteiger partial charge in [0.15, 0.2) is 11.5 Å². The Labute approximate surface area is 111 Å². The summed E-state index contributed by atoms with van der Waals surface area (Å²) in [7, 11) is 3.15. The van der Waals surface area contributed by atoms with Crippen LogP contribution < -0.4 is 9.47 Å². The molecule has 0 saturated heterocycles. The topological polar surface area (TPSA) is 58.0 Å². The molecule has 2 rings (SSSR count). The standard InChI is InChI=1S/C15H14N2O2/c1-18-14-6-5-11(9-15(14)19-2)12(10-16)8-13-4-3-7-17-13/h3-9,17H,1-2H3. The first-order valence-electron chi connectivity index (χ1n) is 5.76. The minimum absolute atomic E-state index is 0.559. The quantitative estimate of drug-likeness (QED) is 0.853. The molecular weight excluding hydrogens is 240 g/mol. The van der Waals surface area contributed by atoms with E-state index in [1.54, 1.807) is 32.4 Å². The predicted octanol–water partition coefficient (Wildman–Crippen LogP) is 3.10. The summed E-state index contributed by atoms with van der Waals surface area (Å²) in [6, 6.07) is 11.4. The van der Waals surface area contributed by atoms with Gasteiger partial charge in [-0.05, 0) is 42.0 Å². The van der Waals surface area contributed by atoms with Crippen molar-refractivity contribution in [2.45, 2.75) is 0 Å². The Balaban J connectivity index is 2.42. The fourth-order valence-corrected chi connectivity index (χ4v) is 1.77. The molecule has 0 radical (unpaired) electrons. The maximum absolute atomic E-state index is 9.26. The van der Waals surface area contributed by atoms with E-state index in [4.69, 9.17) is 9.47 Å². The SMILES string of the molecule is COc1ccc(C(C#N)=Cc2ccc[nH]2)cc1OC. The average Bonchev–Trinajstić information content (AvgIpc) is 2.97. The Bertz CT molecular complexity index is 622. The summed E-state index contributed by atoms with van der Waals surface area (Å²) in [5.74, 6) is 1.25. The first-order valence-corrected chi connectivity index (χ1v) is 5.76. The number of methoxy groups -OCH3 is 2. The number of H-pyrrole nitrogens is 1. The van der Waals surface area contributed by atoms with Crippen LogP contribution in [0.3, 0.4) is 0 Å². The van der Waals surface area contributed by atoms with E-state index in [1.165, 1.54) is 0 Å². The zero-order valence-electron chi connectivity index (χ0n) is 10.8. The highest BCUT2D eigenvalue weighted by Crippen LogP contribution is 2.30. The average molecular weight is 254 g/mol. The lowest BCUT2D eigenvalue weighted by Crippen LogP contribution is -1.92. The molecule has 0 spiro atoms. The minimum Gasteiger partial charge on any atom is -0.493 e. The number of benzene rings is 1. The van der Waals surface area contributed by atoms with Gasteiger partial charge in [-0.25, -0.2) is 0 Å². The number of rotatable bonds is 4. The van der Waals surface area contributed by atoms with Gasteiger partial charge in [0.25, 0.3) is 0 Å². The number of nitriles is 1. The van der Waals surface area contributed by atoms with Gasteiger partial charge >= 0.3 is 0 Å². The van der Waals surface area contributed by atoms with Gasteiger partial charge in [0.05, 0.1) is 25.9 Å². The second-order valence-electron chi connectivity index (χ2n) is 3.87. The van der Waals surface area contributed by atoms with Crippen LogP contribution in [0.2, 0.25) is 0 Å². The molecule has 4 heteroatoms. The van der Waals surface area contributed by atoms with Crippen molar-refractivity contribution in [2.75, 3.05) is 14.2 Å². The summed E-state index contributed by atoms with van der Waals surface area (Å²) in [6.45, 7) is 0. The van der Waals surface area contributed by atoms with E-state index in [0.717, 1.165) is 11.3 Å². The molecule has 1 aromatic carbocycles. The normalized spacial score (nSPS) is 10.9. The number of aromatic amines is 1. The number of hydrogen-bond acceptors (Lipinski definition) is 3. The van der Waals surface area contributed by atoms with Crippen molar-refractivity contribution in [2.24, 2.45) is 0 Å². The number of allylic oxidation sites excluding steroid dienone is 1. The zero-order valence-corrected chi connectivity index (χ0v) is 10.8. The van der Waals surface area contributed by atoms with E-state index in [2.05, 4.69) is 11.1 Å². The largest absolute Gasteiger partial charge is 0.493 e. The first kappa shape index (κ1) is 12.8. The molecule has 4 nitrogen and oxygen atoms in total. The van der Waals surface area contributed by atoms with E-state index < -0.39 is 0 Å². The Kier molecular flexibility index (Phi) is 3.89.